The highest BCUT2D eigenvalue weighted by molar-refractivity contribution is 5.73. The number of hydrogen-bond acceptors (Lipinski definition) is 3. The quantitative estimate of drug-likeness (QED) is 0.284. The highest BCUT2D eigenvalue weighted by Crippen LogP contribution is 2.76. The fourth-order valence-electron chi connectivity index (χ4n) is 12.8. The number of methoxy groups -OCH3 is 1. The van der Waals surface area contributed by atoms with Crippen LogP contribution >= 0.6 is 0 Å². The Morgan fingerprint density at radius 3 is 2.33 bits per heavy atom. The van der Waals surface area contributed by atoms with Crippen LogP contribution in [0.4, 0.5) is 0 Å². The Labute approximate surface area is 244 Å². The molecule has 0 aromatic heterocycles. The molecule has 0 spiro atoms. The van der Waals surface area contributed by atoms with Gasteiger partial charge in [-0.2, -0.15) is 0 Å². The number of carbonyl (C=O) groups is 1. The predicted octanol–water partition coefficient (Wildman–Crippen LogP) is 8.79. The van der Waals surface area contributed by atoms with E-state index in [1.807, 2.05) is 0 Å². The van der Waals surface area contributed by atoms with Crippen LogP contribution in [0.15, 0.2) is 35.5 Å². The molecule has 0 aliphatic heterocycles. The second-order valence-corrected chi connectivity index (χ2v) is 16.7. The summed E-state index contributed by atoms with van der Waals surface area (Å²) in [6.07, 6.45) is 19.3. The highest BCUT2D eigenvalue weighted by atomic mass is 16.5. The molecule has 4 saturated carbocycles. The second-order valence-electron chi connectivity index (χ2n) is 16.7. The van der Waals surface area contributed by atoms with Crippen molar-refractivity contribution in [2.24, 2.45) is 62.9 Å². The van der Waals surface area contributed by atoms with E-state index in [0.717, 1.165) is 31.1 Å². The molecule has 0 heterocycles. The van der Waals surface area contributed by atoms with Crippen LogP contribution in [0.2, 0.25) is 0 Å². The fraction of sp³-hybridized carbons (Fsp3) is 0.811. The van der Waals surface area contributed by atoms with E-state index >= 15 is 0 Å². The smallest absolute Gasteiger partial charge is 0.308 e. The summed E-state index contributed by atoms with van der Waals surface area (Å²) in [5, 5.41) is 0. The number of esters is 1. The summed E-state index contributed by atoms with van der Waals surface area (Å²) in [5.74, 6) is 3.41. The van der Waals surface area contributed by atoms with Crippen molar-refractivity contribution in [2.75, 3.05) is 7.11 Å². The fourth-order valence-corrected chi connectivity index (χ4v) is 12.8. The molecule has 0 amide bonds. The molecule has 6 aliphatic carbocycles. The minimum atomic E-state index is -0.0443. The zero-order valence-electron chi connectivity index (χ0n) is 26.7. The molecular weight excluding hydrogens is 490 g/mol. The second kappa shape index (κ2) is 9.32. The molecule has 0 aromatic rings. The van der Waals surface area contributed by atoms with Gasteiger partial charge in [0, 0.05) is 5.54 Å². The van der Waals surface area contributed by atoms with E-state index in [4.69, 9.17) is 10.5 Å². The van der Waals surface area contributed by atoms with Crippen molar-refractivity contribution in [3.05, 3.63) is 35.5 Å². The van der Waals surface area contributed by atoms with Gasteiger partial charge in [0.15, 0.2) is 0 Å². The zero-order chi connectivity index (χ0) is 28.9. The maximum Gasteiger partial charge on any atom is 0.308 e. The summed E-state index contributed by atoms with van der Waals surface area (Å²) in [6.45, 7) is 20.0. The molecule has 0 saturated heterocycles. The van der Waals surface area contributed by atoms with Crippen molar-refractivity contribution in [1.82, 2.24) is 0 Å². The molecule has 6 aliphatic rings. The minimum absolute atomic E-state index is 0.0309. The van der Waals surface area contributed by atoms with Crippen LogP contribution in [-0.4, -0.2) is 18.6 Å². The number of nitrogens with two attached hydrogens (primary N) is 1. The van der Waals surface area contributed by atoms with Gasteiger partial charge in [-0.3, -0.25) is 4.79 Å². The van der Waals surface area contributed by atoms with E-state index in [9.17, 15) is 4.79 Å². The highest BCUT2D eigenvalue weighted by Gasteiger charge is 2.70. The van der Waals surface area contributed by atoms with Crippen LogP contribution in [0.1, 0.15) is 119 Å². The first-order valence-corrected chi connectivity index (χ1v) is 16.6. The average molecular weight is 548 g/mol. The Morgan fingerprint density at radius 2 is 1.68 bits per heavy atom. The lowest BCUT2D eigenvalue weighted by molar-refractivity contribution is -0.219. The van der Waals surface area contributed by atoms with Gasteiger partial charge in [0.25, 0.3) is 0 Å². The van der Waals surface area contributed by atoms with Gasteiger partial charge in [-0.25, -0.2) is 0 Å². The van der Waals surface area contributed by atoms with E-state index in [1.165, 1.54) is 76.0 Å². The van der Waals surface area contributed by atoms with Crippen LogP contribution in [0, 0.1) is 57.2 Å². The number of ether oxygens (including phenoxy) is 1. The Morgan fingerprint density at radius 1 is 0.925 bits per heavy atom. The van der Waals surface area contributed by atoms with Crippen molar-refractivity contribution in [1.29, 1.82) is 0 Å². The van der Waals surface area contributed by atoms with E-state index in [0.29, 0.717) is 34.0 Å². The van der Waals surface area contributed by atoms with Gasteiger partial charge in [-0.1, -0.05) is 58.9 Å². The molecule has 4 fully saturated rings. The van der Waals surface area contributed by atoms with E-state index < -0.39 is 0 Å². The summed E-state index contributed by atoms with van der Waals surface area (Å²) in [7, 11) is 1.52. The Hall–Kier alpha value is -1.35. The maximum absolute atomic E-state index is 12.1. The first kappa shape index (κ1) is 28.8. The number of fused-ring (bicyclic) bond motifs is 7. The molecular formula is C37H57NO2. The first-order valence-electron chi connectivity index (χ1n) is 16.6. The Balaban J connectivity index is 1.31. The molecule has 0 radical (unpaired) electrons. The molecule has 10 atom stereocenters. The first-order chi connectivity index (χ1) is 18.7. The van der Waals surface area contributed by atoms with Gasteiger partial charge in [-0.15, -0.1) is 0 Å². The van der Waals surface area contributed by atoms with Crippen LogP contribution in [0.25, 0.3) is 0 Å². The van der Waals surface area contributed by atoms with Gasteiger partial charge < -0.3 is 10.5 Å². The van der Waals surface area contributed by atoms with Crippen LogP contribution in [0.5, 0.6) is 0 Å². The maximum atomic E-state index is 12.1. The van der Waals surface area contributed by atoms with Crippen LogP contribution < -0.4 is 5.73 Å². The lowest BCUT2D eigenvalue weighted by Crippen LogP contribution is -2.67. The molecule has 40 heavy (non-hydrogen) atoms. The SMILES string of the molecule is C=C(C)[C@@H]1CC[C@]2(N)CC[C@]3(C)[C@H](CC[C@@H]4[C@@]5(C)CC=C(C6=CCC(C(=O)OC)CC6)C(C)(C)[C@@H]5CC[C@]43C)[C@@H]12. The zero-order valence-corrected chi connectivity index (χ0v) is 26.7. The van der Waals surface area contributed by atoms with Gasteiger partial charge in [0.2, 0.25) is 0 Å². The van der Waals surface area contributed by atoms with E-state index in [2.05, 4.69) is 60.3 Å². The van der Waals surface area contributed by atoms with Crippen molar-refractivity contribution in [2.45, 2.75) is 124 Å². The summed E-state index contributed by atoms with van der Waals surface area (Å²) >= 11 is 0. The Bertz CT molecular complexity index is 1150. The van der Waals surface area contributed by atoms with Crippen molar-refractivity contribution >= 4 is 5.97 Å². The number of carbonyl (C=O) groups excluding carboxylic acids is 1. The molecule has 0 bridgehead atoms. The Kier molecular flexibility index (Phi) is 6.70. The van der Waals surface area contributed by atoms with E-state index in [-0.39, 0.29) is 22.8 Å². The molecule has 3 heteroatoms. The summed E-state index contributed by atoms with van der Waals surface area (Å²) in [4.78, 5) is 12.1. The summed E-state index contributed by atoms with van der Waals surface area (Å²) in [5.41, 5.74) is 13.0. The third-order valence-corrected chi connectivity index (χ3v) is 15.0. The average Bonchev–Trinajstić information content (AvgIpc) is 3.26. The van der Waals surface area contributed by atoms with Gasteiger partial charge in [0.05, 0.1) is 13.0 Å². The molecule has 1 unspecified atom stereocenters. The largest absolute Gasteiger partial charge is 0.469 e. The van der Waals surface area contributed by atoms with Gasteiger partial charge >= 0.3 is 5.97 Å². The molecule has 0 aromatic carbocycles. The normalized spacial score (nSPS) is 49.4. The van der Waals surface area contributed by atoms with Crippen molar-refractivity contribution < 1.29 is 9.53 Å². The van der Waals surface area contributed by atoms with Crippen molar-refractivity contribution in [3.63, 3.8) is 0 Å². The molecule has 222 valence electrons. The molecule has 6 rings (SSSR count). The lowest BCUT2D eigenvalue weighted by atomic mass is 9.33. The lowest BCUT2D eigenvalue weighted by Gasteiger charge is -2.72. The summed E-state index contributed by atoms with van der Waals surface area (Å²) in [6, 6.07) is 0. The van der Waals surface area contributed by atoms with Crippen molar-refractivity contribution in [3.8, 4) is 0 Å². The third-order valence-electron chi connectivity index (χ3n) is 15.0. The minimum Gasteiger partial charge on any atom is -0.469 e. The summed E-state index contributed by atoms with van der Waals surface area (Å²) < 4.78 is 5.05. The van der Waals surface area contributed by atoms with Crippen LogP contribution in [-0.2, 0) is 9.53 Å². The van der Waals surface area contributed by atoms with Gasteiger partial charge in [-0.05, 0) is 146 Å². The molecule has 2 N–H and O–H groups in total. The topological polar surface area (TPSA) is 52.3 Å². The number of rotatable bonds is 3. The third kappa shape index (κ3) is 3.74. The number of allylic oxidation sites excluding steroid dienone is 5. The van der Waals surface area contributed by atoms with E-state index in [1.54, 1.807) is 5.57 Å². The van der Waals surface area contributed by atoms with Crippen LogP contribution in [0.3, 0.4) is 0 Å². The number of hydrogen-bond donors (Lipinski definition) is 1. The monoisotopic (exact) mass is 547 g/mol. The molecule has 3 nitrogen and oxygen atoms in total. The standard InChI is InChI=1S/C37H57NO2/c1-23(2)26-15-20-37(38)22-21-35(6)28(31(26)37)13-14-30-34(5)18-16-27(24-9-11-25(12-10-24)32(39)40-8)33(3,4)29(34)17-19-36(30,35)7/h9,16,25-26,28-31H,1,10-15,17-22,38H2,2-8H3/t25?,26-,28+,29-,30+,31+,34-,35+,36+,37-/m0/s1. The predicted molar refractivity (Wildman–Crippen MR) is 164 cm³/mol. The van der Waals surface area contributed by atoms with Gasteiger partial charge in [0.1, 0.15) is 0 Å².